The SMILES string of the molecule is Cc1ccc(C#CC(=NC(C)(C)CC(C)(C)C)c2ccccc2Br)cc1. The van der Waals surface area contributed by atoms with Gasteiger partial charge in [0.1, 0.15) is 5.71 Å². The van der Waals surface area contributed by atoms with Gasteiger partial charge in [-0.25, -0.2) is 0 Å². The van der Waals surface area contributed by atoms with Gasteiger partial charge in [0.25, 0.3) is 0 Å². The Kier molecular flexibility index (Phi) is 6.48. The topological polar surface area (TPSA) is 12.4 Å². The van der Waals surface area contributed by atoms with Crippen molar-refractivity contribution in [3.63, 3.8) is 0 Å². The highest BCUT2D eigenvalue weighted by molar-refractivity contribution is 9.10. The van der Waals surface area contributed by atoms with Gasteiger partial charge in [-0.05, 0) is 56.7 Å². The molecule has 0 aliphatic heterocycles. The van der Waals surface area contributed by atoms with E-state index in [4.69, 9.17) is 4.99 Å². The average Bonchev–Trinajstić information content (AvgIpc) is 2.51. The maximum absolute atomic E-state index is 5.07. The third-order valence-electron chi connectivity index (χ3n) is 3.88. The number of hydrogen-bond donors (Lipinski definition) is 0. The summed E-state index contributed by atoms with van der Waals surface area (Å²) in [6.45, 7) is 13.2. The van der Waals surface area contributed by atoms with Gasteiger partial charge in [-0.15, -0.1) is 0 Å². The Morgan fingerprint density at radius 3 is 2.15 bits per heavy atom. The summed E-state index contributed by atoms with van der Waals surface area (Å²) in [7, 11) is 0. The van der Waals surface area contributed by atoms with Crippen LogP contribution in [0.5, 0.6) is 0 Å². The smallest absolute Gasteiger partial charge is 0.116 e. The van der Waals surface area contributed by atoms with E-state index in [2.05, 4.69) is 99.6 Å². The summed E-state index contributed by atoms with van der Waals surface area (Å²) < 4.78 is 1.02. The van der Waals surface area contributed by atoms with Crippen molar-refractivity contribution in [1.29, 1.82) is 0 Å². The number of aliphatic imine (C=N–C) groups is 1. The van der Waals surface area contributed by atoms with E-state index >= 15 is 0 Å². The highest BCUT2D eigenvalue weighted by Crippen LogP contribution is 2.30. The Bertz CT molecular complexity index is 840. The van der Waals surface area contributed by atoms with Crippen molar-refractivity contribution in [2.45, 2.75) is 53.5 Å². The van der Waals surface area contributed by atoms with Gasteiger partial charge in [0.2, 0.25) is 0 Å². The quantitative estimate of drug-likeness (QED) is 0.389. The molecular weight excluding hydrogens is 382 g/mol. The summed E-state index contributed by atoms with van der Waals surface area (Å²) in [5, 5.41) is 0. The maximum atomic E-state index is 5.07. The van der Waals surface area contributed by atoms with Gasteiger partial charge in [0.15, 0.2) is 0 Å². The molecule has 0 aliphatic rings. The molecule has 0 radical (unpaired) electrons. The van der Waals surface area contributed by atoms with Crippen molar-refractivity contribution in [1.82, 2.24) is 0 Å². The normalized spacial score (nSPS) is 12.5. The molecule has 0 fully saturated rings. The summed E-state index contributed by atoms with van der Waals surface area (Å²) in [5.74, 6) is 6.61. The lowest BCUT2D eigenvalue weighted by molar-refractivity contribution is 0.288. The molecule has 1 nitrogen and oxygen atoms in total. The summed E-state index contributed by atoms with van der Waals surface area (Å²) in [6.07, 6.45) is 0.986. The molecule has 0 amide bonds. The molecule has 0 aliphatic carbocycles. The van der Waals surface area contributed by atoms with Crippen LogP contribution in [-0.2, 0) is 0 Å². The maximum Gasteiger partial charge on any atom is 0.116 e. The molecule has 0 spiro atoms. The Morgan fingerprint density at radius 1 is 0.962 bits per heavy atom. The van der Waals surface area contributed by atoms with Crippen LogP contribution >= 0.6 is 15.9 Å². The summed E-state index contributed by atoms with van der Waals surface area (Å²) in [6, 6.07) is 16.4. The molecule has 0 bridgehead atoms. The minimum Gasteiger partial charge on any atom is -0.270 e. The molecule has 2 aromatic carbocycles. The van der Waals surface area contributed by atoms with E-state index in [0.717, 1.165) is 27.7 Å². The molecule has 136 valence electrons. The molecule has 0 saturated heterocycles. The molecule has 0 N–H and O–H groups in total. The second kappa shape index (κ2) is 8.23. The van der Waals surface area contributed by atoms with Gasteiger partial charge < -0.3 is 0 Å². The van der Waals surface area contributed by atoms with Crippen molar-refractivity contribution >= 4 is 21.6 Å². The van der Waals surface area contributed by atoms with Gasteiger partial charge in [0, 0.05) is 15.6 Å². The predicted octanol–water partition coefficient (Wildman–Crippen LogP) is 6.81. The Hall–Kier alpha value is -1.85. The molecule has 0 heterocycles. The third kappa shape index (κ3) is 6.46. The van der Waals surface area contributed by atoms with E-state index < -0.39 is 0 Å². The number of rotatable bonds is 3. The minimum absolute atomic E-state index is 0.190. The van der Waals surface area contributed by atoms with Gasteiger partial charge in [0.05, 0.1) is 5.54 Å². The highest BCUT2D eigenvalue weighted by atomic mass is 79.9. The zero-order chi connectivity index (χ0) is 19.4. The van der Waals surface area contributed by atoms with Gasteiger partial charge in [-0.2, -0.15) is 0 Å². The van der Waals surface area contributed by atoms with Crippen LogP contribution in [-0.4, -0.2) is 11.3 Å². The number of halogens is 1. The zero-order valence-corrected chi connectivity index (χ0v) is 18.2. The number of hydrogen-bond acceptors (Lipinski definition) is 1. The van der Waals surface area contributed by atoms with Gasteiger partial charge in [-0.1, -0.05) is 78.5 Å². The van der Waals surface area contributed by atoms with E-state index in [0.29, 0.717) is 0 Å². The van der Waals surface area contributed by atoms with E-state index in [1.165, 1.54) is 5.56 Å². The lowest BCUT2D eigenvalue weighted by Crippen LogP contribution is -2.26. The number of benzene rings is 2. The molecule has 0 unspecified atom stereocenters. The van der Waals surface area contributed by atoms with Crippen molar-refractivity contribution < 1.29 is 0 Å². The largest absolute Gasteiger partial charge is 0.270 e. The Labute approximate surface area is 167 Å². The van der Waals surface area contributed by atoms with E-state index in [1.807, 2.05) is 18.2 Å². The summed E-state index contributed by atoms with van der Waals surface area (Å²) >= 11 is 3.65. The van der Waals surface area contributed by atoms with Crippen LogP contribution in [0.1, 0.15) is 57.7 Å². The van der Waals surface area contributed by atoms with Crippen molar-refractivity contribution in [2.24, 2.45) is 10.4 Å². The Balaban J connectivity index is 2.48. The van der Waals surface area contributed by atoms with E-state index in [9.17, 15) is 0 Å². The van der Waals surface area contributed by atoms with Crippen LogP contribution in [0.15, 0.2) is 58.0 Å². The number of aryl methyl sites for hydroxylation is 1. The van der Waals surface area contributed by atoms with Crippen LogP contribution in [0.3, 0.4) is 0 Å². The van der Waals surface area contributed by atoms with Gasteiger partial charge >= 0.3 is 0 Å². The fourth-order valence-corrected chi connectivity index (χ4v) is 3.69. The first-order valence-electron chi connectivity index (χ1n) is 8.99. The molecule has 2 rings (SSSR count). The van der Waals surface area contributed by atoms with Crippen LogP contribution < -0.4 is 0 Å². The third-order valence-corrected chi connectivity index (χ3v) is 4.57. The molecule has 2 aromatic rings. The molecule has 0 aromatic heterocycles. The van der Waals surface area contributed by atoms with Crippen LogP contribution in [0, 0.1) is 24.2 Å². The minimum atomic E-state index is -0.190. The predicted molar refractivity (Wildman–Crippen MR) is 117 cm³/mol. The molecular formula is C24H28BrN. The lowest BCUT2D eigenvalue weighted by Gasteiger charge is -2.29. The molecule has 2 heteroatoms. The van der Waals surface area contributed by atoms with Gasteiger partial charge in [-0.3, -0.25) is 4.99 Å². The fourth-order valence-electron chi connectivity index (χ4n) is 3.22. The van der Waals surface area contributed by atoms with Crippen LogP contribution in [0.4, 0.5) is 0 Å². The van der Waals surface area contributed by atoms with Crippen molar-refractivity contribution in [3.8, 4) is 11.8 Å². The number of nitrogens with zero attached hydrogens (tertiary/aromatic N) is 1. The van der Waals surface area contributed by atoms with Crippen LogP contribution in [0.2, 0.25) is 0 Å². The molecule has 26 heavy (non-hydrogen) atoms. The standard InChI is InChI=1S/C24H28BrN/c1-18-11-13-19(14-12-18)15-16-22(20-9-7-8-10-21(20)25)26-24(5,6)17-23(2,3)4/h7-14H,17H2,1-6H3. The Morgan fingerprint density at radius 2 is 1.58 bits per heavy atom. The lowest BCUT2D eigenvalue weighted by atomic mass is 9.82. The molecule has 0 atom stereocenters. The first kappa shape index (κ1) is 20.5. The van der Waals surface area contributed by atoms with Crippen molar-refractivity contribution in [2.75, 3.05) is 0 Å². The monoisotopic (exact) mass is 409 g/mol. The van der Waals surface area contributed by atoms with E-state index in [1.54, 1.807) is 0 Å². The fraction of sp³-hybridized carbons (Fsp3) is 0.375. The second-order valence-corrected chi connectivity index (χ2v) is 9.46. The summed E-state index contributed by atoms with van der Waals surface area (Å²) in [4.78, 5) is 5.07. The van der Waals surface area contributed by atoms with E-state index in [-0.39, 0.29) is 11.0 Å². The average molecular weight is 410 g/mol. The highest BCUT2D eigenvalue weighted by Gasteiger charge is 2.25. The first-order chi connectivity index (χ1) is 12.1. The summed E-state index contributed by atoms with van der Waals surface area (Å²) in [5.41, 5.74) is 4.12. The van der Waals surface area contributed by atoms with Crippen LogP contribution in [0.25, 0.3) is 0 Å². The zero-order valence-electron chi connectivity index (χ0n) is 16.7. The van der Waals surface area contributed by atoms with Crippen molar-refractivity contribution in [3.05, 3.63) is 69.7 Å². The second-order valence-electron chi connectivity index (χ2n) is 8.61. The molecule has 0 saturated carbocycles. The first-order valence-corrected chi connectivity index (χ1v) is 9.79.